The summed E-state index contributed by atoms with van der Waals surface area (Å²) >= 11 is 9.12. The zero-order chi connectivity index (χ0) is 15.6. The highest BCUT2D eigenvalue weighted by molar-refractivity contribution is 9.10. The molecule has 1 amide bonds. The smallest absolute Gasteiger partial charge is 0.287 e. The van der Waals surface area contributed by atoms with E-state index in [-0.39, 0.29) is 16.5 Å². The Hall–Kier alpha value is -1.93. The first-order valence-corrected chi connectivity index (χ1v) is 7.06. The molecule has 2 heterocycles. The van der Waals surface area contributed by atoms with Crippen LogP contribution in [0.1, 0.15) is 17.4 Å². The number of nitro groups is 1. The average molecular weight is 374 g/mol. The molecular formula is C12H10BrClN4O3. The molecule has 0 saturated carbocycles. The number of nitrogens with zero attached hydrogens (tertiary/aromatic N) is 3. The fraction of sp³-hybridized carbons (Fsp3) is 0.167. The predicted octanol–water partition coefficient (Wildman–Crippen LogP) is 3.48. The van der Waals surface area contributed by atoms with Gasteiger partial charge < -0.3 is 9.88 Å². The Balaban J connectivity index is 2.32. The number of carbonyl (C=O) groups is 1. The van der Waals surface area contributed by atoms with Crippen LogP contribution in [0.5, 0.6) is 0 Å². The SMILES string of the molecule is CCn1cc([N+](=O)[O-])cc1C(=O)Nc1cc(Br)cnc1Cl. The van der Waals surface area contributed by atoms with Gasteiger partial charge in [0.2, 0.25) is 0 Å². The van der Waals surface area contributed by atoms with Gasteiger partial charge in [-0.25, -0.2) is 4.98 Å². The number of hydrogen-bond donors (Lipinski definition) is 1. The lowest BCUT2D eigenvalue weighted by atomic mass is 10.3. The second-order valence-electron chi connectivity index (χ2n) is 4.07. The summed E-state index contributed by atoms with van der Waals surface area (Å²) in [5, 5.41) is 13.5. The number of pyridine rings is 1. The topological polar surface area (TPSA) is 90.1 Å². The number of nitrogens with one attached hydrogen (secondary N) is 1. The first kappa shape index (κ1) is 15.5. The lowest BCUT2D eigenvalue weighted by Gasteiger charge is -2.08. The van der Waals surface area contributed by atoms with E-state index in [0.717, 1.165) is 0 Å². The Labute approximate surface area is 133 Å². The molecule has 2 aromatic rings. The van der Waals surface area contributed by atoms with E-state index in [4.69, 9.17) is 11.6 Å². The molecule has 9 heteroatoms. The number of hydrogen-bond acceptors (Lipinski definition) is 4. The standard InChI is InChI=1S/C12H10BrClN4O3/c1-2-17-6-8(18(20)21)4-10(17)12(19)16-9-3-7(13)5-15-11(9)14/h3-6H,2H2,1H3,(H,16,19). The highest BCUT2D eigenvalue weighted by Gasteiger charge is 2.19. The van der Waals surface area contributed by atoms with Crippen molar-refractivity contribution in [3.8, 4) is 0 Å². The van der Waals surface area contributed by atoms with Gasteiger partial charge >= 0.3 is 0 Å². The Morgan fingerprint density at radius 3 is 2.90 bits per heavy atom. The summed E-state index contributed by atoms with van der Waals surface area (Å²) in [7, 11) is 0. The second-order valence-corrected chi connectivity index (χ2v) is 5.35. The van der Waals surface area contributed by atoms with Crippen LogP contribution in [0.25, 0.3) is 0 Å². The molecular weight excluding hydrogens is 364 g/mol. The van der Waals surface area contributed by atoms with Crippen molar-refractivity contribution in [3.05, 3.63) is 50.0 Å². The lowest BCUT2D eigenvalue weighted by molar-refractivity contribution is -0.384. The Morgan fingerprint density at radius 1 is 1.57 bits per heavy atom. The molecule has 2 rings (SSSR count). The van der Waals surface area contributed by atoms with Gasteiger partial charge in [-0.2, -0.15) is 0 Å². The van der Waals surface area contributed by atoms with Crippen molar-refractivity contribution >= 4 is 44.8 Å². The van der Waals surface area contributed by atoms with Gasteiger partial charge in [0.1, 0.15) is 5.69 Å². The Kier molecular flexibility index (Phi) is 4.59. The van der Waals surface area contributed by atoms with Crippen molar-refractivity contribution in [3.63, 3.8) is 0 Å². The maximum Gasteiger partial charge on any atom is 0.287 e. The zero-order valence-electron chi connectivity index (χ0n) is 10.8. The number of anilines is 1. The van der Waals surface area contributed by atoms with E-state index in [2.05, 4.69) is 26.2 Å². The van der Waals surface area contributed by atoms with Crippen molar-refractivity contribution in [2.75, 3.05) is 5.32 Å². The normalized spacial score (nSPS) is 10.4. The number of aromatic nitrogens is 2. The molecule has 21 heavy (non-hydrogen) atoms. The molecule has 0 unspecified atom stereocenters. The van der Waals surface area contributed by atoms with Crippen LogP contribution in [0.15, 0.2) is 29.0 Å². The minimum Gasteiger partial charge on any atom is -0.337 e. The molecule has 0 aliphatic carbocycles. The molecule has 0 radical (unpaired) electrons. The summed E-state index contributed by atoms with van der Waals surface area (Å²) in [6.45, 7) is 2.22. The van der Waals surface area contributed by atoms with Crippen molar-refractivity contribution in [1.29, 1.82) is 0 Å². The average Bonchev–Trinajstić information content (AvgIpc) is 2.87. The quantitative estimate of drug-likeness (QED) is 0.505. The minimum absolute atomic E-state index is 0.135. The van der Waals surface area contributed by atoms with Crippen molar-refractivity contribution < 1.29 is 9.72 Å². The van der Waals surface area contributed by atoms with Gasteiger partial charge in [0, 0.05) is 23.3 Å². The van der Waals surface area contributed by atoms with Crippen LogP contribution >= 0.6 is 27.5 Å². The number of rotatable bonds is 4. The molecule has 0 aromatic carbocycles. The van der Waals surface area contributed by atoms with E-state index in [0.29, 0.717) is 16.7 Å². The molecule has 7 nitrogen and oxygen atoms in total. The van der Waals surface area contributed by atoms with Crippen LogP contribution in [0.3, 0.4) is 0 Å². The van der Waals surface area contributed by atoms with E-state index in [1.807, 2.05) is 0 Å². The molecule has 0 fully saturated rings. The van der Waals surface area contributed by atoms with Gasteiger partial charge in [-0.1, -0.05) is 11.6 Å². The summed E-state index contributed by atoms with van der Waals surface area (Å²) in [5.41, 5.74) is 0.364. The third kappa shape index (κ3) is 3.40. The summed E-state index contributed by atoms with van der Waals surface area (Å²) < 4.78 is 2.14. The van der Waals surface area contributed by atoms with Gasteiger partial charge in [0.25, 0.3) is 11.6 Å². The molecule has 0 spiro atoms. The summed E-state index contributed by atoms with van der Waals surface area (Å²) in [5.74, 6) is -0.494. The van der Waals surface area contributed by atoms with E-state index in [1.165, 1.54) is 23.0 Å². The summed E-state index contributed by atoms with van der Waals surface area (Å²) in [4.78, 5) is 26.4. The summed E-state index contributed by atoms with van der Waals surface area (Å²) in [6, 6.07) is 2.82. The molecule has 0 aliphatic rings. The Morgan fingerprint density at radius 2 is 2.29 bits per heavy atom. The summed E-state index contributed by atoms with van der Waals surface area (Å²) in [6.07, 6.45) is 2.81. The number of amides is 1. The van der Waals surface area contributed by atoms with Crippen LogP contribution in [0.2, 0.25) is 5.15 Å². The second kappa shape index (κ2) is 6.23. The van der Waals surface area contributed by atoms with Gasteiger partial charge in [-0.05, 0) is 28.9 Å². The number of carbonyl (C=O) groups excluding carboxylic acids is 1. The van der Waals surface area contributed by atoms with Gasteiger partial charge in [-0.15, -0.1) is 0 Å². The lowest BCUT2D eigenvalue weighted by Crippen LogP contribution is -2.16. The first-order valence-electron chi connectivity index (χ1n) is 5.89. The molecule has 0 saturated heterocycles. The fourth-order valence-corrected chi connectivity index (χ4v) is 2.23. The number of aryl methyl sites for hydroxylation is 1. The largest absolute Gasteiger partial charge is 0.337 e. The third-order valence-electron chi connectivity index (χ3n) is 2.72. The van der Waals surface area contributed by atoms with Gasteiger partial charge in [0.05, 0.1) is 16.8 Å². The highest BCUT2D eigenvalue weighted by Crippen LogP contribution is 2.24. The van der Waals surface area contributed by atoms with Crippen LogP contribution in [-0.4, -0.2) is 20.4 Å². The minimum atomic E-state index is -0.545. The van der Waals surface area contributed by atoms with Gasteiger partial charge in [-0.3, -0.25) is 14.9 Å². The van der Waals surface area contributed by atoms with Crippen LogP contribution in [0.4, 0.5) is 11.4 Å². The molecule has 1 N–H and O–H groups in total. The molecule has 0 atom stereocenters. The van der Waals surface area contributed by atoms with E-state index < -0.39 is 10.8 Å². The van der Waals surface area contributed by atoms with Crippen LogP contribution in [-0.2, 0) is 6.54 Å². The van der Waals surface area contributed by atoms with E-state index in [9.17, 15) is 14.9 Å². The maximum absolute atomic E-state index is 12.2. The highest BCUT2D eigenvalue weighted by atomic mass is 79.9. The maximum atomic E-state index is 12.2. The molecule has 0 aliphatic heterocycles. The monoisotopic (exact) mass is 372 g/mol. The van der Waals surface area contributed by atoms with E-state index >= 15 is 0 Å². The first-order chi connectivity index (χ1) is 9.92. The zero-order valence-corrected chi connectivity index (χ0v) is 13.2. The fourth-order valence-electron chi connectivity index (χ4n) is 1.74. The third-order valence-corrected chi connectivity index (χ3v) is 3.46. The van der Waals surface area contributed by atoms with Crippen LogP contribution in [0, 0.1) is 10.1 Å². The van der Waals surface area contributed by atoms with Crippen LogP contribution < -0.4 is 5.32 Å². The van der Waals surface area contributed by atoms with E-state index in [1.54, 1.807) is 13.0 Å². The van der Waals surface area contributed by atoms with Crippen molar-refractivity contribution in [2.24, 2.45) is 0 Å². The predicted molar refractivity (Wildman–Crippen MR) is 81.7 cm³/mol. The Bertz CT molecular complexity index is 717. The number of halogens is 2. The molecule has 110 valence electrons. The van der Waals surface area contributed by atoms with Gasteiger partial charge in [0.15, 0.2) is 5.15 Å². The van der Waals surface area contributed by atoms with Crippen molar-refractivity contribution in [1.82, 2.24) is 9.55 Å². The molecule has 2 aromatic heterocycles. The van der Waals surface area contributed by atoms with Crippen molar-refractivity contribution in [2.45, 2.75) is 13.5 Å². The molecule has 0 bridgehead atoms.